The number of aliphatic carboxylic acids is 1. The van der Waals surface area contributed by atoms with E-state index in [-0.39, 0.29) is 5.44 Å². The van der Waals surface area contributed by atoms with Crippen LogP contribution in [-0.4, -0.2) is 39.9 Å². The van der Waals surface area contributed by atoms with Crippen LogP contribution in [0.2, 0.25) is 0 Å². The van der Waals surface area contributed by atoms with Crippen molar-refractivity contribution in [1.82, 2.24) is 0 Å². The van der Waals surface area contributed by atoms with Crippen LogP contribution in [0.25, 0.3) is 0 Å². The van der Waals surface area contributed by atoms with Crippen LogP contribution in [0, 0.1) is 5.92 Å². The molecule has 0 aromatic carbocycles. The van der Waals surface area contributed by atoms with Crippen LogP contribution in [0.1, 0.15) is 136 Å². The van der Waals surface area contributed by atoms with E-state index >= 15 is 0 Å². The lowest BCUT2D eigenvalue weighted by Gasteiger charge is -2.25. The average Bonchev–Trinajstić information content (AvgIpc) is 2.84. The fraction of sp³-hybridized carbons (Fsp3) is 0.963. The van der Waals surface area contributed by atoms with Crippen molar-refractivity contribution in [2.24, 2.45) is 5.92 Å². The Morgan fingerprint density at radius 1 is 0.857 bits per heavy atom. The van der Waals surface area contributed by atoms with Gasteiger partial charge in [0, 0.05) is 0 Å². The standard InChI is InChI=1S/C27H53O6PS/c1-4-7-9-11-12-13-14-15-16-18-20-23(19-17-10-8-5-2)21-25(35)33-24(6-3)32-22-27(30,34-31)26(28)29/h23-25,30,35H,4-22H2,1-3H3,(H,28,29)/p+1. The van der Waals surface area contributed by atoms with Gasteiger partial charge in [0.1, 0.15) is 12.0 Å². The molecule has 0 aliphatic carbocycles. The summed E-state index contributed by atoms with van der Waals surface area (Å²) >= 11 is 4.64. The number of hydrogen-bond donors (Lipinski definition) is 3. The third kappa shape index (κ3) is 18.7. The summed E-state index contributed by atoms with van der Waals surface area (Å²) in [6, 6.07) is 0. The van der Waals surface area contributed by atoms with Gasteiger partial charge in [-0.05, 0) is 18.8 Å². The van der Waals surface area contributed by atoms with Crippen molar-refractivity contribution in [2.45, 2.75) is 153 Å². The molecule has 0 aliphatic rings. The minimum absolute atomic E-state index is 0.327. The molecular weight excluding hydrogens is 483 g/mol. The van der Waals surface area contributed by atoms with Gasteiger partial charge in [-0.15, -0.1) is 12.6 Å². The van der Waals surface area contributed by atoms with Crippen molar-refractivity contribution >= 4 is 27.1 Å². The zero-order valence-corrected chi connectivity index (χ0v) is 24.5. The first kappa shape index (κ1) is 34.8. The fourth-order valence-electron chi connectivity index (χ4n) is 4.28. The van der Waals surface area contributed by atoms with E-state index in [0.717, 1.165) is 6.42 Å². The van der Waals surface area contributed by atoms with Crippen LogP contribution in [-0.2, 0) is 18.8 Å². The third-order valence-corrected chi connectivity index (χ3v) is 7.64. The van der Waals surface area contributed by atoms with Gasteiger partial charge in [0.15, 0.2) is 6.29 Å². The van der Waals surface area contributed by atoms with Crippen molar-refractivity contribution < 1.29 is 29.0 Å². The Labute approximate surface area is 221 Å². The summed E-state index contributed by atoms with van der Waals surface area (Å²) in [7, 11) is -1.42. The maximum absolute atomic E-state index is 11.1. The molecule has 0 saturated heterocycles. The van der Waals surface area contributed by atoms with Crippen molar-refractivity contribution in [3.8, 4) is 0 Å². The highest BCUT2D eigenvalue weighted by Crippen LogP contribution is 2.27. The zero-order valence-electron chi connectivity index (χ0n) is 22.6. The molecule has 0 aliphatic heterocycles. The predicted molar refractivity (Wildman–Crippen MR) is 149 cm³/mol. The molecule has 8 heteroatoms. The van der Waals surface area contributed by atoms with Gasteiger partial charge in [0.25, 0.3) is 0 Å². The molecule has 0 saturated carbocycles. The van der Waals surface area contributed by atoms with Crippen LogP contribution >= 0.6 is 21.1 Å². The van der Waals surface area contributed by atoms with E-state index in [1.807, 2.05) is 6.92 Å². The van der Waals surface area contributed by atoms with Crippen LogP contribution < -0.4 is 0 Å². The second-order valence-electron chi connectivity index (χ2n) is 9.93. The monoisotopic (exact) mass is 537 g/mol. The van der Waals surface area contributed by atoms with E-state index < -0.39 is 32.7 Å². The van der Waals surface area contributed by atoms with Gasteiger partial charge in [-0.25, -0.2) is 4.79 Å². The second-order valence-corrected chi connectivity index (χ2v) is 11.5. The Morgan fingerprint density at radius 3 is 1.74 bits per heavy atom. The summed E-state index contributed by atoms with van der Waals surface area (Å²) in [6.45, 7) is 5.76. The number of aliphatic hydroxyl groups is 1. The maximum Gasteiger partial charge on any atom is 0.390 e. The van der Waals surface area contributed by atoms with E-state index in [2.05, 4.69) is 26.5 Å². The molecule has 0 rings (SSSR count). The lowest BCUT2D eigenvalue weighted by molar-refractivity contribution is -0.183. The summed E-state index contributed by atoms with van der Waals surface area (Å²) < 4.78 is 22.5. The summed E-state index contributed by atoms with van der Waals surface area (Å²) in [5.41, 5.74) is -0.327. The van der Waals surface area contributed by atoms with Crippen LogP contribution in [0.4, 0.5) is 0 Å². The third-order valence-electron chi connectivity index (χ3n) is 6.61. The first-order valence-corrected chi connectivity index (χ1v) is 15.6. The van der Waals surface area contributed by atoms with Crippen molar-refractivity contribution in [1.29, 1.82) is 0 Å². The molecule has 5 unspecified atom stereocenters. The molecular formula is C27H54O6PS+. The normalized spacial score (nSPS) is 16.1. The Morgan fingerprint density at radius 2 is 1.31 bits per heavy atom. The number of rotatable bonds is 26. The lowest BCUT2D eigenvalue weighted by Crippen LogP contribution is -2.39. The minimum atomic E-state index is -2.40. The quantitative estimate of drug-likeness (QED) is 0.0447. The Bertz CT molecular complexity index is 524. The molecule has 0 bridgehead atoms. The number of carboxylic acids is 1. The Hall–Kier alpha value is -0.200. The molecule has 5 atom stereocenters. The maximum atomic E-state index is 11.1. The lowest BCUT2D eigenvalue weighted by atomic mass is 9.91. The number of carboxylic acid groups (broad SMARTS) is 1. The highest BCUT2D eigenvalue weighted by molar-refractivity contribution is 7.80. The number of carbonyl (C=O) groups is 1. The van der Waals surface area contributed by atoms with Gasteiger partial charge in [-0.2, -0.15) is 0 Å². The first-order chi connectivity index (χ1) is 16.8. The highest BCUT2D eigenvalue weighted by atomic mass is 32.1. The molecule has 0 radical (unpaired) electrons. The van der Waals surface area contributed by atoms with Gasteiger partial charge < -0.3 is 19.7 Å². The predicted octanol–water partition coefficient (Wildman–Crippen LogP) is 8.10. The summed E-state index contributed by atoms with van der Waals surface area (Å²) in [4.78, 5) is 11.1. The van der Waals surface area contributed by atoms with E-state index in [1.54, 1.807) is 0 Å². The molecule has 0 fully saturated rings. The first-order valence-electron chi connectivity index (χ1n) is 14.1. The topological polar surface area (TPSA) is 93.1 Å². The average molecular weight is 538 g/mol. The second kappa shape index (κ2) is 23.0. The molecule has 0 aromatic heterocycles. The minimum Gasteiger partial charge on any atom is -0.476 e. The molecule has 0 aromatic rings. The van der Waals surface area contributed by atoms with Crippen molar-refractivity contribution in [3.63, 3.8) is 0 Å². The van der Waals surface area contributed by atoms with Crippen LogP contribution in [0.5, 0.6) is 0 Å². The number of thiol groups is 1. The molecule has 0 amide bonds. The summed E-state index contributed by atoms with van der Waals surface area (Å²) in [6.07, 6.45) is 21.3. The highest BCUT2D eigenvalue weighted by Gasteiger charge is 2.47. The van der Waals surface area contributed by atoms with Gasteiger partial charge >= 0.3 is 19.8 Å². The summed E-state index contributed by atoms with van der Waals surface area (Å²) in [5.74, 6) is -1.02. The molecule has 2 N–H and O–H groups in total. The number of ether oxygens (including phenoxy) is 2. The smallest absolute Gasteiger partial charge is 0.390 e. The SMILES string of the molecule is CCCCCCCCCCCCC(CCCCCC)CC(S)OC(CC)OCC(O)([PH+]=O)C(=O)O. The van der Waals surface area contributed by atoms with Gasteiger partial charge in [-0.3, -0.25) is 0 Å². The van der Waals surface area contributed by atoms with Gasteiger partial charge in [0.2, 0.25) is 0 Å². The number of unbranched alkanes of at least 4 members (excludes halogenated alkanes) is 12. The molecule has 35 heavy (non-hydrogen) atoms. The van der Waals surface area contributed by atoms with E-state index in [9.17, 15) is 14.5 Å². The van der Waals surface area contributed by atoms with Crippen LogP contribution in [0.15, 0.2) is 0 Å². The molecule has 0 heterocycles. The van der Waals surface area contributed by atoms with Gasteiger partial charge in [0.05, 0.1) is 0 Å². The van der Waals surface area contributed by atoms with E-state index in [1.165, 1.54) is 103 Å². The van der Waals surface area contributed by atoms with Crippen molar-refractivity contribution in [3.05, 3.63) is 0 Å². The van der Waals surface area contributed by atoms with E-state index in [4.69, 9.17) is 14.6 Å². The summed E-state index contributed by atoms with van der Waals surface area (Å²) in [5, 5.41) is 16.5. The zero-order chi connectivity index (χ0) is 26.4. The Balaban J connectivity index is 4.44. The fourth-order valence-corrected chi connectivity index (χ4v) is 4.94. The van der Waals surface area contributed by atoms with Gasteiger partial charge in [-0.1, -0.05) is 128 Å². The van der Waals surface area contributed by atoms with Crippen LogP contribution in [0.3, 0.4) is 0 Å². The molecule has 208 valence electrons. The molecule has 6 nitrogen and oxygen atoms in total. The number of hydrogen-bond acceptors (Lipinski definition) is 6. The van der Waals surface area contributed by atoms with E-state index in [0.29, 0.717) is 12.3 Å². The Kier molecular flexibility index (Phi) is 22.8. The van der Waals surface area contributed by atoms with Crippen molar-refractivity contribution in [2.75, 3.05) is 6.61 Å². The largest absolute Gasteiger partial charge is 0.476 e. The molecule has 0 spiro atoms.